The highest BCUT2D eigenvalue weighted by molar-refractivity contribution is 5.45. The molecule has 0 aromatic carbocycles. The molecule has 0 spiro atoms. The molecule has 1 aromatic heterocycles. The molecular formula is C10H18N6. The van der Waals surface area contributed by atoms with Crippen molar-refractivity contribution in [3.63, 3.8) is 0 Å². The fraction of sp³-hybridized carbons (Fsp3) is 0.600. The molecule has 88 valence electrons. The van der Waals surface area contributed by atoms with E-state index in [2.05, 4.69) is 25.6 Å². The van der Waals surface area contributed by atoms with E-state index in [4.69, 9.17) is 5.84 Å². The molecule has 16 heavy (non-hydrogen) atoms. The number of nitrogens with two attached hydrogens (primary N) is 1. The summed E-state index contributed by atoms with van der Waals surface area (Å²) in [6.45, 7) is 4.42. The van der Waals surface area contributed by atoms with Crippen molar-refractivity contribution >= 4 is 11.6 Å². The third kappa shape index (κ3) is 3.04. The molecule has 2 heterocycles. The second-order valence-corrected chi connectivity index (χ2v) is 3.91. The van der Waals surface area contributed by atoms with E-state index in [-0.39, 0.29) is 0 Å². The van der Waals surface area contributed by atoms with E-state index < -0.39 is 0 Å². The van der Waals surface area contributed by atoms with Crippen molar-refractivity contribution in [2.24, 2.45) is 5.84 Å². The maximum absolute atomic E-state index is 5.27. The molecule has 1 aliphatic heterocycles. The SMILES string of the molecule is NNc1cc(NCCN2CCCC2)ncn1. The Morgan fingerprint density at radius 2 is 2.00 bits per heavy atom. The van der Waals surface area contributed by atoms with Crippen molar-refractivity contribution in [1.29, 1.82) is 0 Å². The van der Waals surface area contributed by atoms with Gasteiger partial charge < -0.3 is 15.6 Å². The zero-order valence-electron chi connectivity index (χ0n) is 9.32. The lowest BCUT2D eigenvalue weighted by molar-refractivity contribution is 0.352. The standard InChI is InChI=1S/C10H18N6/c11-15-10-7-9(13-8-14-10)12-3-6-16-4-1-2-5-16/h7-8H,1-6,11H2,(H2,12,13,14,15). The first-order chi connectivity index (χ1) is 7.88. The van der Waals surface area contributed by atoms with Crippen molar-refractivity contribution < 1.29 is 0 Å². The van der Waals surface area contributed by atoms with Crippen LogP contribution in [-0.4, -0.2) is 41.0 Å². The number of aromatic nitrogens is 2. The van der Waals surface area contributed by atoms with Crippen LogP contribution in [0.4, 0.5) is 11.6 Å². The first-order valence-corrected chi connectivity index (χ1v) is 5.63. The molecule has 0 bridgehead atoms. The third-order valence-corrected chi connectivity index (χ3v) is 2.75. The Balaban J connectivity index is 1.75. The Labute approximate surface area is 95.2 Å². The van der Waals surface area contributed by atoms with Crippen molar-refractivity contribution in [3.05, 3.63) is 12.4 Å². The van der Waals surface area contributed by atoms with Gasteiger partial charge in [0, 0.05) is 19.2 Å². The van der Waals surface area contributed by atoms with Crippen LogP contribution in [0.15, 0.2) is 12.4 Å². The normalized spacial score (nSPS) is 16.3. The summed E-state index contributed by atoms with van der Waals surface area (Å²) < 4.78 is 0. The number of nitrogen functional groups attached to an aromatic ring is 1. The van der Waals surface area contributed by atoms with Gasteiger partial charge in [-0.1, -0.05) is 0 Å². The maximum atomic E-state index is 5.27. The molecule has 1 saturated heterocycles. The Hall–Kier alpha value is -1.40. The summed E-state index contributed by atoms with van der Waals surface area (Å²) in [5, 5.41) is 3.26. The highest BCUT2D eigenvalue weighted by Crippen LogP contribution is 2.08. The van der Waals surface area contributed by atoms with Crippen LogP contribution >= 0.6 is 0 Å². The zero-order chi connectivity index (χ0) is 11.2. The number of nitrogens with zero attached hydrogens (tertiary/aromatic N) is 3. The summed E-state index contributed by atoms with van der Waals surface area (Å²) in [4.78, 5) is 10.5. The summed E-state index contributed by atoms with van der Waals surface area (Å²) in [7, 11) is 0. The quantitative estimate of drug-likeness (QED) is 0.490. The van der Waals surface area contributed by atoms with Gasteiger partial charge in [0.1, 0.15) is 18.0 Å². The number of likely N-dealkylation sites (tertiary alicyclic amines) is 1. The van der Waals surface area contributed by atoms with E-state index in [1.807, 2.05) is 0 Å². The predicted molar refractivity (Wildman–Crippen MR) is 64.0 cm³/mol. The summed E-state index contributed by atoms with van der Waals surface area (Å²) in [6, 6.07) is 1.80. The van der Waals surface area contributed by atoms with Gasteiger partial charge in [-0.15, -0.1) is 0 Å². The number of rotatable bonds is 5. The first kappa shape index (κ1) is 11.1. The second-order valence-electron chi connectivity index (χ2n) is 3.91. The average molecular weight is 222 g/mol. The Morgan fingerprint density at radius 1 is 1.25 bits per heavy atom. The lowest BCUT2D eigenvalue weighted by atomic mass is 10.4. The summed E-state index contributed by atoms with van der Waals surface area (Å²) >= 11 is 0. The van der Waals surface area contributed by atoms with E-state index in [9.17, 15) is 0 Å². The van der Waals surface area contributed by atoms with Crippen LogP contribution in [0.25, 0.3) is 0 Å². The molecule has 1 aliphatic rings. The van der Waals surface area contributed by atoms with Crippen molar-refractivity contribution in [2.45, 2.75) is 12.8 Å². The van der Waals surface area contributed by atoms with E-state index >= 15 is 0 Å². The fourth-order valence-electron chi connectivity index (χ4n) is 1.88. The molecule has 1 aromatic rings. The Bertz CT molecular complexity index is 323. The van der Waals surface area contributed by atoms with E-state index in [0.29, 0.717) is 5.82 Å². The molecule has 0 radical (unpaired) electrons. The van der Waals surface area contributed by atoms with Gasteiger partial charge in [-0.25, -0.2) is 15.8 Å². The number of nitrogens with one attached hydrogen (secondary N) is 2. The third-order valence-electron chi connectivity index (χ3n) is 2.75. The van der Waals surface area contributed by atoms with Crippen LogP contribution in [0, 0.1) is 0 Å². The van der Waals surface area contributed by atoms with Crippen LogP contribution in [0.2, 0.25) is 0 Å². The van der Waals surface area contributed by atoms with Crippen molar-refractivity contribution in [2.75, 3.05) is 36.9 Å². The van der Waals surface area contributed by atoms with Gasteiger partial charge in [-0.3, -0.25) is 0 Å². The zero-order valence-corrected chi connectivity index (χ0v) is 9.32. The first-order valence-electron chi connectivity index (χ1n) is 5.63. The largest absolute Gasteiger partial charge is 0.369 e. The number of hydrazine groups is 1. The average Bonchev–Trinajstić information content (AvgIpc) is 2.82. The summed E-state index contributed by atoms with van der Waals surface area (Å²) in [5.74, 6) is 6.70. The minimum absolute atomic E-state index is 0.624. The summed E-state index contributed by atoms with van der Waals surface area (Å²) in [5.41, 5.74) is 2.50. The van der Waals surface area contributed by atoms with Crippen LogP contribution in [0.3, 0.4) is 0 Å². The van der Waals surface area contributed by atoms with E-state index in [1.165, 1.54) is 32.3 Å². The monoisotopic (exact) mass is 222 g/mol. The molecule has 2 rings (SSSR count). The summed E-state index contributed by atoms with van der Waals surface area (Å²) in [6.07, 6.45) is 4.15. The van der Waals surface area contributed by atoms with Crippen LogP contribution in [-0.2, 0) is 0 Å². The molecule has 0 saturated carbocycles. The number of hydrogen-bond donors (Lipinski definition) is 3. The van der Waals surface area contributed by atoms with Gasteiger partial charge in [0.15, 0.2) is 0 Å². The van der Waals surface area contributed by atoms with Crippen molar-refractivity contribution in [3.8, 4) is 0 Å². The number of hydrogen-bond acceptors (Lipinski definition) is 6. The number of anilines is 2. The Kier molecular flexibility index (Phi) is 3.90. The van der Waals surface area contributed by atoms with Crippen LogP contribution < -0.4 is 16.6 Å². The smallest absolute Gasteiger partial charge is 0.145 e. The molecule has 6 nitrogen and oxygen atoms in total. The van der Waals surface area contributed by atoms with E-state index in [0.717, 1.165) is 18.9 Å². The van der Waals surface area contributed by atoms with Crippen LogP contribution in [0.5, 0.6) is 0 Å². The van der Waals surface area contributed by atoms with Crippen LogP contribution in [0.1, 0.15) is 12.8 Å². The van der Waals surface area contributed by atoms with Gasteiger partial charge in [-0.05, 0) is 25.9 Å². The fourth-order valence-corrected chi connectivity index (χ4v) is 1.88. The molecule has 6 heteroatoms. The molecular weight excluding hydrogens is 204 g/mol. The highest BCUT2D eigenvalue weighted by Gasteiger charge is 2.10. The lowest BCUT2D eigenvalue weighted by Gasteiger charge is -2.14. The van der Waals surface area contributed by atoms with Gasteiger partial charge in [0.05, 0.1) is 0 Å². The molecule has 0 amide bonds. The topological polar surface area (TPSA) is 79.1 Å². The lowest BCUT2D eigenvalue weighted by Crippen LogP contribution is -2.26. The van der Waals surface area contributed by atoms with Gasteiger partial charge in [0.2, 0.25) is 0 Å². The minimum Gasteiger partial charge on any atom is -0.369 e. The Morgan fingerprint density at radius 3 is 2.75 bits per heavy atom. The molecule has 0 aliphatic carbocycles. The predicted octanol–water partition coefficient (Wildman–Crippen LogP) is 0.270. The van der Waals surface area contributed by atoms with Crippen molar-refractivity contribution in [1.82, 2.24) is 14.9 Å². The molecule has 1 fully saturated rings. The van der Waals surface area contributed by atoms with Gasteiger partial charge in [-0.2, -0.15) is 0 Å². The minimum atomic E-state index is 0.624. The van der Waals surface area contributed by atoms with Gasteiger partial charge in [0.25, 0.3) is 0 Å². The van der Waals surface area contributed by atoms with E-state index in [1.54, 1.807) is 6.07 Å². The highest BCUT2D eigenvalue weighted by atomic mass is 15.3. The van der Waals surface area contributed by atoms with Gasteiger partial charge >= 0.3 is 0 Å². The second kappa shape index (κ2) is 5.62. The maximum Gasteiger partial charge on any atom is 0.145 e. The molecule has 4 N–H and O–H groups in total. The molecule has 0 atom stereocenters. The molecule has 0 unspecified atom stereocenters.